The summed E-state index contributed by atoms with van der Waals surface area (Å²) in [7, 11) is 1.00. The number of carboxylic acid groups (broad SMARTS) is 3. The minimum atomic E-state index is -1.21. The van der Waals surface area contributed by atoms with E-state index in [4.69, 9.17) is 81.9 Å². The lowest BCUT2D eigenvalue weighted by Gasteiger charge is -2.36. The summed E-state index contributed by atoms with van der Waals surface area (Å²) in [5, 5.41) is 66.3. The Bertz CT molecular complexity index is 3210. The molecule has 2 aromatic rings. The van der Waals surface area contributed by atoms with Gasteiger partial charge in [-0.3, -0.25) is 38.4 Å². The number of Topliss-reactive ketones (excluding diaryl/α,β-unsaturated/α-hetero) is 3. The number of aliphatic hydroxyl groups is 4. The van der Waals surface area contributed by atoms with Gasteiger partial charge < -0.3 is 89.3 Å². The van der Waals surface area contributed by atoms with Crippen LogP contribution in [0.5, 0.6) is 0 Å². The van der Waals surface area contributed by atoms with Crippen molar-refractivity contribution in [3.05, 3.63) is 71.8 Å². The van der Waals surface area contributed by atoms with Gasteiger partial charge in [0.25, 0.3) is 18.1 Å². The van der Waals surface area contributed by atoms with E-state index in [-0.39, 0.29) is 138 Å². The van der Waals surface area contributed by atoms with Gasteiger partial charge in [0, 0.05) is 70.0 Å². The van der Waals surface area contributed by atoms with Crippen LogP contribution in [0.25, 0.3) is 0 Å². The van der Waals surface area contributed by atoms with E-state index < -0.39 is 77.6 Å². The fourth-order valence-corrected chi connectivity index (χ4v) is 12.5. The number of nitrogens with zero attached hydrogens (tertiary/aromatic N) is 2. The zero-order valence-electron chi connectivity index (χ0n) is 77.5. The Morgan fingerprint density at radius 3 is 1.02 bits per heavy atom. The smallest absolute Gasteiger partial charge is 0.410 e. The monoisotopic (exact) mass is 1780 g/mol. The third-order valence-corrected chi connectivity index (χ3v) is 20.0. The number of alkyl carbamates (subject to hydrolysis) is 2. The number of benzene rings is 2. The zero-order chi connectivity index (χ0) is 94.2. The van der Waals surface area contributed by atoms with Crippen molar-refractivity contribution in [1.29, 1.82) is 0 Å². The number of aliphatic carboxylic acids is 3. The summed E-state index contributed by atoms with van der Waals surface area (Å²) in [6.07, 6.45) is 2.68. The van der Waals surface area contributed by atoms with Crippen LogP contribution in [0.2, 0.25) is 0 Å². The Balaban J connectivity index is -0.00000138. The van der Waals surface area contributed by atoms with E-state index in [0.717, 1.165) is 82.4 Å². The van der Waals surface area contributed by atoms with Crippen LogP contribution < -0.4 is 10.6 Å². The van der Waals surface area contributed by atoms with Gasteiger partial charge in [-0.2, -0.15) is 0 Å². The number of ketones is 3. The van der Waals surface area contributed by atoms with Gasteiger partial charge in [0.2, 0.25) is 0 Å². The maximum absolute atomic E-state index is 12.5. The number of hydrogen-bond acceptors (Lipinski definition) is 22. The van der Waals surface area contributed by atoms with Crippen molar-refractivity contribution >= 4 is 88.4 Å². The van der Waals surface area contributed by atoms with Crippen LogP contribution in [0.15, 0.2) is 60.7 Å². The van der Waals surface area contributed by atoms with Crippen LogP contribution >= 0.6 is 23.2 Å². The van der Waals surface area contributed by atoms with Crippen molar-refractivity contribution in [2.45, 2.75) is 285 Å². The number of hydrogen-bond donors (Lipinski definition) is 9. The molecule has 9 N–H and O–H groups in total. The van der Waals surface area contributed by atoms with Gasteiger partial charge in [-0.25, -0.2) is 14.4 Å². The number of morpholine rings is 2. The third-order valence-electron chi connectivity index (χ3n) is 20.0. The van der Waals surface area contributed by atoms with Crippen LogP contribution in [0.1, 0.15) is 240 Å². The molecule has 0 spiro atoms. The second kappa shape index (κ2) is 66.5. The van der Waals surface area contributed by atoms with Gasteiger partial charge in [0.1, 0.15) is 24.4 Å². The summed E-state index contributed by atoms with van der Waals surface area (Å²) in [5.74, 6) is -3.98. The number of carbonyl (C=O) groups is 11. The van der Waals surface area contributed by atoms with Crippen LogP contribution in [-0.4, -0.2) is 232 Å². The number of rotatable bonds is 34. The highest BCUT2D eigenvalue weighted by molar-refractivity contribution is 6.40. The number of carbonyl (C=O) groups excluding carboxylic acids is 8. The highest BCUT2D eigenvalue weighted by Crippen LogP contribution is 2.40. The standard InChI is InChI=1S/C18H31NO6.C18H31NO5.C16H23NO3.C15H22O2.C9H17NO3.C8H16O2.C5H10O3.CH2Cl2.CH4O/c1-12(2)15(22)24-16(13(3)4)25-17(23)19-11-18(10-14(20)21)8-6-5-7-9-18;1-12(2)15(22)16(13(3)4)24-17(23)19-11-18(10-14(20)21)8-6-5-7-9-18;1-13(2)15(16(18)17-8-10-19-11-9-17)20-12-14-6-4-3-5-7-14;1-11(2)14(16)15(12(3)4)17-10-13-8-6-5-7-9-13;1-7(2)8(11)9(12)10-3-5-13-6-4-10;1-5(2)7(9)8(10)6(3)4;1-3(2)4(6)5(7)8;2-1-3;1-2/h12-13,16H,5-11H2,1-4H3,(H,19,23)(H,20,21);12-13,16H,5-11H2,1-4H3,(H,19,23)(H,20,21);3-7,13,15H,8-12H2,1-2H3;5-9,11-12,15H,10H2,1-4H3;7-8,11H,3-6H2,1-2H3;5-7,9H,1-4H3;3-4,6H,1-2H3,(H,7,8);1H2;2H,1H3. The molecular formula is C91H156Cl2N4O25. The number of alkyl halides is 2. The molecule has 2 heterocycles. The van der Waals surface area contributed by atoms with Crippen molar-refractivity contribution in [3.8, 4) is 0 Å². The number of carboxylic acids is 3. The maximum Gasteiger partial charge on any atom is 0.410 e. The quantitative estimate of drug-likeness (QED) is 0.0178. The van der Waals surface area contributed by atoms with Gasteiger partial charge >= 0.3 is 36.1 Å². The minimum Gasteiger partial charge on any atom is -0.481 e. The van der Waals surface area contributed by atoms with Crippen molar-refractivity contribution < 1.29 is 122 Å². The minimum absolute atomic E-state index is 0.0182. The molecule has 122 heavy (non-hydrogen) atoms. The Morgan fingerprint density at radius 2 is 0.730 bits per heavy atom. The lowest BCUT2D eigenvalue weighted by molar-refractivity contribution is -0.178. The number of esters is 1. The summed E-state index contributed by atoms with van der Waals surface area (Å²) in [5.41, 5.74) is 1.37. The van der Waals surface area contributed by atoms with E-state index in [1.165, 1.54) is 0 Å². The van der Waals surface area contributed by atoms with E-state index in [1.807, 2.05) is 149 Å². The highest BCUT2D eigenvalue weighted by Gasteiger charge is 2.39. The summed E-state index contributed by atoms with van der Waals surface area (Å²) in [6, 6.07) is 19.9. The number of halogens is 2. The lowest BCUT2D eigenvalue weighted by Crippen LogP contribution is -2.48. The van der Waals surface area contributed by atoms with Crippen LogP contribution in [0.4, 0.5) is 9.59 Å². The predicted octanol–water partition coefficient (Wildman–Crippen LogP) is 14.5. The fraction of sp³-hybridized carbons (Fsp3) is 0.747. The molecule has 4 amide bonds. The molecule has 6 rings (SSSR count). The number of nitrogens with one attached hydrogen (secondary N) is 2. The van der Waals surface area contributed by atoms with Crippen molar-refractivity contribution in [2.24, 2.45) is 75.9 Å². The first kappa shape index (κ1) is 119. The second-order valence-electron chi connectivity index (χ2n) is 34.6. The number of ether oxygens (including phenoxy) is 7. The Morgan fingerprint density at radius 1 is 0.402 bits per heavy atom. The summed E-state index contributed by atoms with van der Waals surface area (Å²) in [4.78, 5) is 131. The third kappa shape index (κ3) is 52.1. The van der Waals surface area contributed by atoms with E-state index in [1.54, 1.807) is 74.1 Å². The van der Waals surface area contributed by atoms with Crippen molar-refractivity contribution in [2.75, 3.05) is 78.1 Å². The van der Waals surface area contributed by atoms with Gasteiger partial charge in [0.15, 0.2) is 29.6 Å². The van der Waals surface area contributed by atoms with E-state index in [2.05, 4.69) is 10.6 Å². The zero-order valence-corrected chi connectivity index (χ0v) is 79.0. The Kier molecular flexibility index (Phi) is 65.0. The molecule has 29 nitrogen and oxygen atoms in total. The molecule has 0 radical (unpaired) electrons. The second-order valence-corrected chi connectivity index (χ2v) is 35.4. The summed E-state index contributed by atoms with van der Waals surface area (Å²) >= 11 is 9.53. The molecule has 0 aromatic heterocycles. The van der Waals surface area contributed by atoms with Crippen molar-refractivity contribution in [1.82, 2.24) is 20.4 Å². The van der Waals surface area contributed by atoms with E-state index >= 15 is 0 Å². The molecule has 31 heteroatoms. The molecule has 7 atom stereocenters. The predicted molar refractivity (Wildman–Crippen MR) is 472 cm³/mol. The number of aliphatic hydroxyl groups excluding tert-OH is 4. The maximum atomic E-state index is 12.5. The van der Waals surface area contributed by atoms with Gasteiger partial charge in [-0.1, -0.05) is 252 Å². The number of amides is 4. The topological polar surface area (TPSA) is 425 Å². The van der Waals surface area contributed by atoms with Gasteiger partial charge in [-0.15, -0.1) is 23.2 Å². The normalized spacial score (nSPS) is 16.4. The Labute approximate surface area is 738 Å². The molecule has 2 aliphatic carbocycles. The molecular weight excluding hydrogens is 1620 g/mol. The fourth-order valence-electron chi connectivity index (χ4n) is 12.5. The van der Waals surface area contributed by atoms with E-state index in [9.17, 15) is 63.0 Å². The molecule has 0 bridgehead atoms. The molecule has 2 saturated heterocycles. The largest absolute Gasteiger partial charge is 0.481 e. The highest BCUT2D eigenvalue weighted by atomic mass is 35.5. The molecule has 4 aliphatic rings. The average Bonchev–Trinajstić information content (AvgIpc) is 0.843. The Hall–Kier alpha value is -6.93. The van der Waals surface area contributed by atoms with E-state index in [0.29, 0.717) is 65.8 Å². The first-order valence-corrected chi connectivity index (χ1v) is 44.2. The first-order valence-electron chi connectivity index (χ1n) is 43.1. The first-order chi connectivity index (χ1) is 57.1. The van der Waals surface area contributed by atoms with Crippen LogP contribution in [0, 0.1) is 75.9 Å². The molecule has 704 valence electrons. The molecule has 2 aliphatic heterocycles. The summed E-state index contributed by atoms with van der Waals surface area (Å²) in [6.45, 7) is 46.8. The van der Waals surface area contributed by atoms with Crippen LogP contribution in [0.3, 0.4) is 0 Å². The van der Waals surface area contributed by atoms with Gasteiger partial charge in [-0.05, 0) is 83.1 Å². The van der Waals surface area contributed by atoms with Crippen LogP contribution in [-0.2, 0) is 89.5 Å². The van der Waals surface area contributed by atoms with Crippen molar-refractivity contribution in [3.63, 3.8) is 0 Å². The SMILES string of the molecule is CC(C)C(=O)C(O)C(C)C.CC(C)C(=O)C(OC(=O)NCC1(CC(=O)O)CCCCC1)C(C)C.CC(C)C(=O)C(OCc1ccccc1)C(C)C.CC(C)C(=O)OC(OC(=O)NCC1(CC(=O)O)CCCCC1)C(C)C.CC(C)C(O)C(=O)N1CCOCC1.CC(C)C(O)C(=O)O.CC(C)C(OCc1ccccc1)C(=O)N1CCOCC1.CO.ClCCl. The summed E-state index contributed by atoms with van der Waals surface area (Å²) < 4.78 is 37.8. The lowest BCUT2D eigenvalue weighted by atomic mass is 9.72. The molecule has 4 fully saturated rings. The molecule has 2 saturated carbocycles. The average molecular weight is 1780 g/mol. The molecule has 2 aromatic carbocycles. The van der Waals surface area contributed by atoms with Gasteiger partial charge in [0.05, 0.1) is 63.7 Å². The molecule has 7 unspecified atom stereocenters.